The van der Waals surface area contributed by atoms with E-state index in [-0.39, 0.29) is 31.1 Å². The number of aliphatic hydroxyl groups excluding tert-OH is 1. The minimum atomic E-state index is -1.10. The van der Waals surface area contributed by atoms with Gasteiger partial charge in [-0.05, 0) is 28.5 Å². The SMILES string of the molecule is O=C(O)c1cccc(OCCO)c1OCc1cccc2ccccc12. The molecule has 0 fully saturated rings. The molecule has 0 aliphatic heterocycles. The van der Waals surface area contributed by atoms with Gasteiger partial charge in [0.15, 0.2) is 11.5 Å². The number of carboxylic acid groups (broad SMARTS) is 1. The lowest BCUT2D eigenvalue weighted by Crippen LogP contribution is -2.08. The first-order chi connectivity index (χ1) is 12.2. The molecule has 0 unspecified atom stereocenters. The molecular formula is C20H18O5. The van der Waals surface area contributed by atoms with Crippen molar-refractivity contribution in [2.24, 2.45) is 0 Å². The monoisotopic (exact) mass is 338 g/mol. The molecule has 2 N–H and O–H groups in total. The third-order valence-corrected chi connectivity index (χ3v) is 3.81. The summed E-state index contributed by atoms with van der Waals surface area (Å²) in [5, 5.41) is 20.5. The molecule has 0 amide bonds. The van der Waals surface area contributed by atoms with E-state index in [1.165, 1.54) is 6.07 Å². The molecule has 3 aromatic carbocycles. The Hall–Kier alpha value is -3.05. The average Bonchev–Trinajstić information content (AvgIpc) is 2.64. The van der Waals surface area contributed by atoms with Crippen LogP contribution >= 0.6 is 0 Å². The summed E-state index contributed by atoms with van der Waals surface area (Å²) in [4.78, 5) is 11.5. The van der Waals surface area contributed by atoms with E-state index in [0.29, 0.717) is 5.75 Å². The van der Waals surface area contributed by atoms with Gasteiger partial charge in [-0.25, -0.2) is 4.79 Å². The Labute approximate surface area is 145 Å². The number of carboxylic acids is 1. The normalized spacial score (nSPS) is 10.6. The van der Waals surface area contributed by atoms with E-state index in [2.05, 4.69) is 0 Å². The summed E-state index contributed by atoms with van der Waals surface area (Å²) < 4.78 is 11.2. The van der Waals surface area contributed by atoms with Crippen LogP contribution in [0.3, 0.4) is 0 Å². The maximum atomic E-state index is 11.5. The van der Waals surface area contributed by atoms with Crippen LogP contribution in [0.4, 0.5) is 0 Å². The molecule has 3 rings (SSSR count). The van der Waals surface area contributed by atoms with E-state index in [1.807, 2.05) is 42.5 Å². The first-order valence-corrected chi connectivity index (χ1v) is 7.90. The number of hydrogen-bond acceptors (Lipinski definition) is 4. The van der Waals surface area contributed by atoms with Gasteiger partial charge in [0.05, 0.1) is 6.61 Å². The van der Waals surface area contributed by atoms with Crippen LogP contribution in [0.2, 0.25) is 0 Å². The molecule has 25 heavy (non-hydrogen) atoms. The molecule has 0 spiro atoms. The van der Waals surface area contributed by atoms with Crippen LogP contribution in [0.1, 0.15) is 15.9 Å². The fourth-order valence-electron chi connectivity index (χ4n) is 2.67. The van der Waals surface area contributed by atoms with Crippen LogP contribution in [0.15, 0.2) is 60.7 Å². The molecule has 0 aliphatic carbocycles. The van der Waals surface area contributed by atoms with Gasteiger partial charge < -0.3 is 19.7 Å². The Balaban J connectivity index is 1.92. The molecule has 5 nitrogen and oxygen atoms in total. The van der Waals surface area contributed by atoms with Crippen LogP contribution in [0.5, 0.6) is 11.5 Å². The number of benzene rings is 3. The number of para-hydroxylation sites is 1. The highest BCUT2D eigenvalue weighted by molar-refractivity contribution is 5.92. The molecule has 0 heterocycles. The third kappa shape index (κ3) is 3.72. The Morgan fingerprint density at radius 2 is 1.68 bits per heavy atom. The molecular weight excluding hydrogens is 320 g/mol. The molecule has 0 aromatic heterocycles. The van der Waals surface area contributed by atoms with Crippen molar-refractivity contribution in [3.63, 3.8) is 0 Å². The molecule has 0 aliphatic rings. The van der Waals surface area contributed by atoms with E-state index in [9.17, 15) is 9.90 Å². The maximum absolute atomic E-state index is 11.5. The highest BCUT2D eigenvalue weighted by atomic mass is 16.5. The highest BCUT2D eigenvalue weighted by Gasteiger charge is 2.17. The zero-order chi connectivity index (χ0) is 17.6. The number of aromatic carboxylic acids is 1. The first kappa shape index (κ1) is 16.8. The number of hydrogen-bond donors (Lipinski definition) is 2. The topological polar surface area (TPSA) is 76.0 Å². The summed E-state index contributed by atoms with van der Waals surface area (Å²) in [6, 6.07) is 18.5. The summed E-state index contributed by atoms with van der Waals surface area (Å²) in [6.45, 7) is 0.106. The van der Waals surface area contributed by atoms with Crippen molar-refractivity contribution in [1.82, 2.24) is 0 Å². The summed E-state index contributed by atoms with van der Waals surface area (Å²) in [5.74, 6) is -0.632. The number of aliphatic hydroxyl groups is 1. The van der Waals surface area contributed by atoms with Gasteiger partial charge in [-0.3, -0.25) is 0 Å². The van der Waals surface area contributed by atoms with Crippen LogP contribution in [0.25, 0.3) is 10.8 Å². The van der Waals surface area contributed by atoms with E-state index in [4.69, 9.17) is 14.6 Å². The predicted octanol–water partition coefficient (Wildman–Crippen LogP) is 3.49. The molecule has 0 radical (unpaired) electrons. The maximum Gasteiger partial charge on any atom is 0.339 e. The van der Waals surface area contributed by atoms with E-state index < -0.39 is 5.97 Å². The van der Waals surface area contributed by atoms with Gasteiger partial charge in [-0.1, -0.05) is 48.5 Å². The summed E-state index contributed by atoms with van der Waals surface area (Å²) in [5.41, 5.74) is 0.974. The van der Waals surface area contributed by atoms with Gasteiger partial charge in [-0.2, -0.15) is 0 Å². The second-order valence-electron chi connectivity index (χ2n) is 5.44. The Kier molecular flexibility index (Phi) is 5.16. The minimum absolute atomic E-state index is 0.0238. The molecule has 0 bridgehead atoms. The summed E-state index contributed by atoms with van der Waals surface area (Å²) in [7, 11) is 0. The van der Waals surface area contributed by atoms with Gasteiger partial charge in [0, 0.05) is 0 Å². The van der Waals surface area contributed by atoms with E-state index in [0.717, 1.165) is 16.3 Å². The van der Waals surface area contributed by atoms with Crippen molar-refractivity contribution in [2.75, 3.05) is 13.2 Å². The summed E-state index contributed by atoms with van der Waals surface area (Å²) >= 11 is 0. The van der Waals surface area contributed by atoms with Crippen LogP contribution in [-0.4, -0.2) is 29.4 Å². The fourth-order valence-corrected chi connectivity index (χ4v) is 2.67. The average molecular weight is 338 g/mol. The predicted molar refractivity (Wildman–Crippen MR) is 94.3 cm³/mol. The molecule has 5 heteroatoms. The fraction of sp³-hybridized carbons (Fsp3) is 0.150. The van der Waals surface area contributed by atoms with Gasteiger partial charge in [-0.15, -0.1) is 0 Å². The highest BCUT2D eigenvalue weighted by Crippen LogP contribution is 2.32. The van der Waals surface area contributed by atoms with Crippen molar-refractivity contribution < 1.29 is 24.5 Å². The quantitative estimate of drug-likeness (QED) is 0.690. The van der Waals surface area contributed by atoms with Crippen molar-refractivity contribution in [3.8, 4) is 11.5 Å². The zero-order valence-corrected chi connectivity index (χ0v) is 13.5. The third-order valence-electron chi connectivity index (χ3n) is 3.81. The van der Waals surface area contributed by atoms with Crippen LogP contribution in [-0.2, 0) is 6.61 Å². The number of rotatable bonds is 7. The first-order valence-electron chi connectivity index (χ1n) is 7.90. The van der Waals surface area contributed by atoms with E-state index >= 15 is 0 Å². The molecule has 0 saturated heterocycles. The van der Waals surface area contributed by atoms with Crippen molar-refractivity contribution in [1.29, 1.82) is 0 Å². The van der Waals surface area contributed by atoms with Gasteiger partial charge in [0.1, 0.15) is 18.8 Å². The van der Waals surface area contributed by atoms with Crippen LogP contribution < -0.4 is 9.47 Å². The Morgan fingerprint density at radius 3 is 2.48 bits per heavy atom. The lowest BCUT2D eigenvalue weighted by molar-refractivity contribution is 0.0690. The number of ether oxygens (including phenoxy) is 2. The Bertz CT molecular complexity index is 883. The second-order valence-corrected chi connectivity index (χ2v) is 5.44. The van der Waals surface area contributed by atoms with Gasteiger partial charge >= 0.3 is 5.97 Å². The lowest BCUT2D eigenvalue weighted by atomic mass is 10.1. The van der Waals surface area contributed by atoms with Crippen molar-refractivity contribution in [3.05, 3.63) is 71.8 Å². The van der Waals surface area contributed by atoms with Crippen LogP contribution in [0, 0.1) is 0 Å². The number of carbonyl (C=O) groups is 1. The standard InChI is InChI=1S/C20H18O5/c21-11-12-24-18-10-4-9-17(20(22)23)19(18)25-13-15-7-3-6-14-5-1-2-8-16(14)15/h1-10,21H,11-13H2,(H,22,23). The largest absolute Gasteiger partial charge is 0.487 e. The summed E-state index contributed by atoms with van der Waals surface area (Å²) in [6.07, 6.45) is 0. The lowest BCUT2D eigenvalue weighted by Gasteiger charge is -2.15. The molecule has 128 valence electrons. The van der Waals surface area contributed by atoms with Gasteiger partial charge in [0.25, 0.3) is 0 Å². The minimum Gasteiger partial charge on any atom is -0.487 e. The molecule has 0 saturated carbocycles. The zero-order valence-electron chi connectivity index (χ0n) is 13.5. The second kappa shape index (κ2) is 7.68. The molecule has 3 aromatic rings. The van der Waals surface area contributed by atoms with E-state index in [1.54, 1.807) is 12.1 Å². The Morgan fingerprint density at radius 1 is 0.920 bits per heavy atom. The van der Waals surface area contributed by atoms with Crippen molar-refractivity contribution in [2.45, 2.75) is 6.61 Å². The molecule has 0 atom stereocenters. The smallest absolute Gasteiger partial charge is 0.339 e. The van der Waals surface area contributed by atoms with Crippen molar-refractivity contribution >= 4 is 16.7 Å². The number of fused-ring (bicyclic) bond motifs is 1. The van der Waals surface area contributed by atoms with Gasteiger partial charge in [0.2, 0.25) is 0 Å².